The molecular weight excluding hydrogens is 164 g/mol. The highest BCUT2D eigenvalue weighted by Gasteiger charge is 2.01. The van der Waals surface area contributed by atoms with E-state index in [1.165, 1.54) is 6.07 Å². The van der Waals surface area contributed by atoms with Gasteiger partial charge in [-0.2, -0.15) is 0 Å². The first-order chi connectivity index (χ1) is 4.72. The summed E-state index contributed by atoms with van der Waals surface area (Å²) in [5.41, 5.74) is 6.12. The van der Waals surface area contributed by atoms with Crippen molar-refractivity contribution in [3.05, 3.63) is 34.2 Å². The molecule has 0 fully saturated rings. The van der Waals surface area contributed by atoms with Crippen molar-refractivity contribution < 1.29 is 0 Å². The van der Waals surface area contributed by atoms with E-state index >= 15 is 0 Å². The van der Waals surface area contributed by atoms with Gasteiger partial charge in [0.1, 0.15) is 0 Å². The van der Waals surface area contributed by atoms with Gasteiger partial charge in [0.05, 0.1) is 0 Å². The molecule has 1 aromatic heterocycles. The van der Waals surface area contributed by atoms with Gasteiger partial charge >= 0.3 is 0 Å². The van der Waals surface area contributed by atoms with Crippen LogP contribution in [0.4, 0.5) is 0 Å². The third kappa shape index (κ3) is 2.37. The van der Waals surface area contributed by atoms with E-state index in [2.05, 4.69) is 4.98 Å². The molecule has 0 saturated heterocycles. The van der Waals surface area contributed by atoms with Crippen LogP contribution in [0.5, 0.6) is 0 Å². The highest BCUT2D eigenvalue weighted by atomic mass is 35.5. The fourth-order valence-electron chi connectivity index (χ4n) is 0.785. The van der Waals surface area contributed by atoms with Gasteiger partial charge < -0.3 is 10.7 Å². The Morgan fingerprint density at radius 1 is 1.64 bits per heavy atom. The summed E-state index contributed by atoms with van der Waals surface area (Å²) < 4.78 is 0. The number of H-pyrrole nitrogens is 1. The van der Waals surface area contributed by atoms with Gasteiger partial charge in [0, 0.05) is 30.1 Å². The predicted octanol–water partition coefficient (Wildman–Crippen LogP) is 0.816. The molecule has 0 radical (unpaired) electrons. The zero-order chi connectivity index (χ0) is 7.56. The third-order valence-corrected chi connectivity index (χ3v) is 1.34. The third-order valence-electron chi connectivity index (χ3n) is 1.34. The molecule has 0 aliphatic heterocycles. The number of aromatic amines is 1. The maximum absolute atomic E-state index is 11.0. The molecule has 3 nitrogen and oxygen atoms in total. The lowest BCUT2D eigenvalue weighted by molar-refractivity contribution is 0.803. The first-order valence-electron chi connectivity index (χ1n) is 3.14. The number of hydrogen-bond donors (Lipinski definition) is 2. The molecule has 0 aliphatic rings. The van der Waals surface area contributed by atoms with Crippen LogP contribution in [-0.4, -0.2) is 4.98 Å². The molecule has 1 aromatic rings. The Balaban J connectivity index is 0.000001000. The fraction of sp³-hybridized carbons (Fsp3) is 0.286. The van der Waals surface area contributed by atoms with Gasteiger partial charge in [-0.25, -0.2) is 0 Å². The van der Waals surface area contributed by atoms with Crippen LogP contribution in [0.25, 0.3) is 0 Å². The maximum Gasteiger partial charge on any atom is 0.186 e. The monoisotopic (exact) mass is 174 g/mol. The molecule has 1 heterocycles. The predicted molar refractivity (Wildman–Crippen MR) is 46.9 cm³/mol. The molecule has 0 aromatic carbocycles. The quantitative estimate of drug-likeness (QED) is 0.662. The van der Waals surface area contributed by atoms with Gasteiger partial charge in [0.25, 0.3) is 0 Å². The van der Waals surface area contributed by atoms with Crippen molar-refractivity contribution in [3.63, 3.8) is 0 Å². The smallest absolute Gasteiger partial charge is 0.186 e. The van der Waals surface area contributed by atoms with Crippen LogP contribution in [0.15, 0.2) is 23.3 Å². The molecule has 4 heteroatoms. The number of hydrogen-bond acceptors (Lipinski definition) is 2. The number of nitrogens with two attached hydrogens (primary N) is 1. The number of halogens is 1. The van der Waals surface area contributed by atoms with Crippen LogP contribution in [-0.2, 0) is 0 Å². The molecule has 0 aliphatic carbocycles. The molecule has 1 atom stereocenters. The molecule has 0 spiro atoms. The zero-order valence-electron chi connectivity index (χ0n) is 6.20. The van der Waals surface area contributed by atoms with Crippen molar-refractivity contribution in [1.29, 1.82) is 0 Å². The molecular formula is C7H11ClN2O. The second-order valence-electron chi connectivity index (χ2n) is 2.25. The normalized spacial score (nSPS) is 11.8. The number of pyridine rings is 1. The van der Waals surface area contributed by atoms with Crippen molar-refractivity contribution in [2.24, 2.45) is 5.73 Å². The Kier molecular flexibility index (Phi) is 3.85. The lowest BCUT2D eigenvalue weighted by Gasteiger charge is -2.01. The summed E-state index contributed by atoms with van der Waals surface area (Å²) in [5.74, 6) is 0. The minimum Gasteiger partial charge on any atom is -0.367 e. The second kappa shape index (κ2) is 4.16. The van der Waals surface area contributed by atoms with Crippen LogP contribution < -0.4 is 11.2 Å². The van der Waals surface area contributed by atoms with Crippen molar-refractivity contribution in [1.82, 2.24) is 4.98 Å². The topological polar surface area (TPSA) is 58.9 Å². The summed E-state index contributed by atoms with van der Waals surface area (Å²) in [5, 5.41) is 0. The Bertz CT molecular complexity index is 269. The van der Waals surface area contributed by atoms with E-state index in [1.54, 1.807) is 19.3 Å². The zero-order valence-corrected chi connectivity index (χ0v) is 7.02. The van der Waals surface area contributed by atoms with Crippen LogP contribution >= 0.6 is 12.4 Å². The van der Waals surface area contributed by atoms with Gasteiger partial charge in [-0.1, -0.05) is 0 Å². The largest absolute Gasteiger partial charge is 0.367 e. The van der Waals surface area contributed by atoms with Crippen LogP contribution in [0.1, 0.15) is 18.5 Å². The summed E-state index contributed by atoms with van der Waals surface area (Å²) in [6.45, 7) is 1.78. The van der Waals surface area contributed by atoms with E-state index in [0.29, 0.717) is 5.56 Å². The van der Waals surface area contributed by atoms with E-state index in [9.17, 15) is 4.79 Å². The lowest BCUT2D eigenvalue weighted by atomic mass is 10.1. The highest BCUT2D eigenvalue weighted by molar-refractivity contribution is 5.85. The van der Waals surface area contributed by atoms with E-state index in [0.717, 1.165) is 0 Å². The van der Waals surface area contributed by atoms with E-state index in [4.69, 9.17) is 5.73 Å². The van der Waals surface area contributed by atoms with Gasteiger partial charge in [-0.15, -0.1) is 12.4 Å². The lowest BCUT2D eigenvalue weighted by Crippen LogP contribution is -2.16. The van der Waals surface area contributed by atoms with E-state index < -0.39 is 0 Å². The van der Waals surface area contributed by atoms with Crippen molar-refractivity contribution in [2.75, 3.05) is 0 Å². The first-order valence-corrected chi connectivity index (χ1v) is 3.14. The Labute approximate surface area is 71.0 Å². The minimum absolute atomic E-state index is 0. The Morgan fingerprint density at radius 2 is 2.27 bits per heavy atom. The Morgan fingerprint density at radius 3 is 2.64 bits per heavy atom. The molecule has 0 saturated carbocycles. The number of nitrogens with one attached hydrogen (secondary N) is 1. The van der Waals surface area contributed by atoms with Crippen molar-refractivity contribution >= 4 is 12.4 Å². The second-order valence-corrected chi connectivity index (χ2v) is 2.25. The number of aromatic nitrogens is 1. The molecule has 11 heavy (non-hydrogen) atoms. The van der Waals surface area contributed by atoms with Gasteiger partial charge in [0.15, 0.2) is 5.43 Å². The van der Waals surface area contributed by atoms with Gasteiger partial charge in [-0.3, -0.25) is 4.79 Å². The van der Waals surface area contributed by atoms with Crippen molar-refractivity contribution in [3.8, 4) is 0 Å². The Hall–Kier alpha value is -0.800. The van der Waals surface area contributed by atoms with E-state index in [1.807, 2.05) is 0 Å². The summed E-state index contributed by atoms with van der Waals surface area (Å²) in [4.78, 5) is 13.8. The molecule has 0 bridgehead atoms. The summed E-state index contributed by atoms with van der Waals surface area (Å²) in [6.07, 6.45) is 3.22. The molecule has 3 N–H and O–H groups in total. The first kappa shape index (κ1) is 10.2. The summed E-state index contributed by atoms with van der Waals surface area (Å²) in [7, 11) is 0. The average molecular weight is 175 g/mol. The molecule has 0 amide bonds. The maximum atomic E-state index is 11.0. The van der Waals surface area contributed by atoms with Crippen LogP contribution in [0.2, 0.25) is 0 Å². The minimum atomic E-state index is -0.190. The van der Waals surface area contributed by atoms with Crippen LogP contribution in [0.3, 0.4) is 0 Å². The van der Waals surface area contributed by atoms with E-state index in [-0.39, 0.29) is 23.9 Å². The van der Waals surface area contributed by atoms with Gasteiger partial charge in [0.2, 0.25) is 0 Å². The average Bonchev–Trinajstić information content (AvgIpc) is 1.88. The van der Waals surface area contributed by atoms with Crippen LogP contribution in [0, 0.1) is 0 Å². The SMILES string of the molecule is CC(N)c1c[nH]ccc1=O.Cl. The number of rotatable bonds is 1. The standard InChI is InChI=1S/C7H10N2O.ClH/c1-5(8)6-4-9-3-2-7(6)10;/h2-5H,8H2,1H3,(H,9,10);1H. The fourth-order valence-corrected chi connectivity index (χ4v) is 0.785. The van der Waals surface area contributed by atoms with Crippen molar-refractivity contribution in [2.45, 2.75) is 13.0 Å². The highest BCUT2D eigenvalue weighted by Crippen LogP contribution is 1.98. The molecule has 62 valence electrons. The van der Waals surface area contributed by atoms with Gasteiger partial charge in [-0.05, 0) is 6.92 Å². The summed E-state index contributed by atoms with van der Waals surface area (Å²) >= 11 is 0. The molecule has 1 unspecified atom stereocenters. The molecule has 1 rings (SSSR count). The summed E-state index contributed by atoms with van der Waals surface area (Å²) in [6, 6.07) is 1.28.